The van der Waals surface area contributed by atoms with Crippen LogP contribution in [0.3, 0.4) is 0 Å². The molecule has 0 spiro atoms. The van der Waals surface area contributed by atoms with Gasteiger partial charge >= 0.3 is 12.4 Å². The van der Waals surface area contributed by atoms with E-state index >= 15 is 0 Å². The van der Waals surface area contributed by atoms with E-state index in [2.05, 4.69) is 17.1 Å². The molecule has 1 aromatic rings. The Morgan fingerprint density at radius 1 is 1.09 bits per heavy atom. The Labute approximate surface area is 135 Å². The molecule has 1 rings (SSSR count). The van der Waals surface area contributed by atoms with Gasteiger partial charge in [0.25, 0.3) is 5.89 Å². The number of esters is 1. The third-order valence-corrected chi connectivity index (χ3v) is 3.47. The molecule has 0 atom stereocenters. The topological polar surface area (TPSA) is 65.2 Å². The van der Waals surface area contributed by atoms with E-state index in [-0.39, 0.29) is 24.7 Å². The average molecular weight is 332 g/mol. The summed E-state index contributed by atoms with van der Waals surface area (Å²) in [5.74, 6) is -1.05. The number of hydrogen-bond acceptors (Lipinski definition) is 5. The highest BCUT2D eigenvalue weighted by atomic mass is 19.3. The molecule has 0 saturated heterocycles. The van der Waals surface area contributed by atoms with Crippen molar-refractivity contribution in [2.24, 2.45) is 0 Å². The predicted octanol–water partition coefficient (Wildman–Crippen LogP) is 4.62. The van der Waals surface area contributed by atoms with Crippen molar-refractivity contribution in [3.63, 3.8) is 0 Å². The van der Waals surface area contributed by atoms with Gasteiger partial charge in [0.1, 0.15) is 0 Å². The summed E-state index contributed by atoms with van der Waals surface area (Å²) >= 11 is 0. The Balaban J connectivity index is 1.97. The van der Waals surface area contributed by atoms with Crippen molar-refractivity contribution in [2.75, 3.05) is 6.61 Å². The van der Waals surface area contributed by atoms with Crippen LogP contribution in [0.5, 0.6) is 0 Å². The van der Waals surface area contributed by atoms with Gasteiger partial charge in [0.15, 0.2) is 0 Å². The maximum atomic E-state index is 12.2. The highest BCUT2D eigenvalue weighted by molar-refractivity contribution is 5.69. The molecule has 132 valence electrons. The number of halogens is 2. The molecular formula is C16H26F2N2O3. The fourth-order valence-corrected chi connectivity index (χ4v) is 2.16. The second-order valence-corrected chi connectivity index (χ2v) is 5.53. The number of nitrogens with zero attached hydrogens (tertiary/aromatic N) is 2. The van der Waals surface area contributed by atoms with Crippen LogP contribution < -0.4 is 0 Å². The number of aromatic nitrogens is 2. The zero-order chi connectivity index (χ0) is 16.9. The van der Waals surface area contributed by atoms with E-state index in [0.717, 1.165) is 12.8 Å². The Morgan fingerprint density at radius 3 is 2.35 bits per heavy atom. The number of ether oxygens (including phenoxy) is 1. The van der Waals surface area contributed by atoms with Crippen LogP contribution in [0.25, 0.3) is 0 Å². The smallest absolute Gasteiger partial charge is 0.314 e. The molecular weight excluding hydrogens is 306 g/mol. The van der Waals surface area contributed by atoms with E-state index < -0.39 is 12.3 Å². The molecule has 0 unspecified atom stereocenters. The van der Waals surface area contributed by atoms with Gasteiger partial charge in [-0.1, -0.05) is 51.9 Å². The van der Waals surface area contributed by atoms with Crippen LogP contribution in [0.15, 0.2) is 4.42 Å². The van der Waals surface area contributed by atoms with Crippen molar-refractivity contribution in [1.29, 1.82) is 0 Å². The van der Waals surface area contributed by atoms with Gasteiger partial charge in [-0.15, -0.1) is 10.2 Å². The molecule has 0 aliphatic heterocycles. The van der Waals surface area contributed by atoms with Gasteiger partial charge in [0, 0.05) is 6.42 Å². The standard InChI is InChI=1S/C16H26F2N2O3/c1-2-3-4-5-6-7-8-9-12-22-14(21)11-10-13-19-20-16(23-13)15(17)18/h15H,2-12H2,1H3. The highest BCUT2D eigenvalue weighted by Crippen LogP contribution is 2.17. The molecule has 0 amide bonds. The van der Waals surface area contributed by atoms with Gasteiger partial charge in [-0.25, -0.2) is 0 Å². The van der Waals surface area contributed by atoms with E-state index in [1.54, 1.807) is 0 Å². The first-order valence-corrected chi connectivity index (χ1v) is 8.39. The van der Waals surface area contributed by atoms with E-state index in [0.29, 0.717) is 6.61 Å². The van der Waals surface area contributed by atoms with Crippen LogP contribution in [0, 0.1) is 0 Å². The molecule has 5 nitrogen and oxygen atoms in total. The van der Waals surface area contributed by atoms with Crippen molar-refractivity contribution in [3.05, 3.63) is 11.8 Å². The second kappa shape index (κ2) is 12.0. The monoisotopic (exact) mass is 332 g/mol. The molecule has 0 N–H and O–H groups in total. The molecule has 0 aromatic carbocycles. The lowest BCUT2D eigenvalue weighted by molar-refractivity contribution is -0.143. The molecule has 7 heteroatoms. The number of hydrogen-bond donors (Lipinski definition) is 0. The first-order valence-electron chi connectivity index (χ1n) is 8.39. The zero-order valence-electron chi connectivity index (χ0n) is 13.7. The summed E-state index contributed by atoms with van der Waals surface area (Å²) in [7, 11) is 0. The summed E-state index contributed by atoms with van der Waals surface area (Å²) in [6.07, 6.45) is 6.84. The molecule has 0 aliphatic rings. The van der Waals surface area contributed by atoms with E-state index in [1.807, 2.05) is 0 Å². The Morgan fingerprint density at radius 2 is 1.74 bits per heavy atom. The van der Waals surface area contributed by atoms with Gasteiger partial charge in [0.05, 0.1) is 13.0 Å². The largest absolute Gasteiger partial charge is 0.466 e. The van der Waals surface area contributed by atoms with Gasteiger partial charge in [0.2, 0.25) is 5.89 Å². The summed E-state index contributed by atoms with van der Waals surface area (Å²) < 4.78 is 34.3. The molecule has 0 fully saturated rings. The fraction of sp³-hybridized carbons (Fsp3) is 0.812. The zero-order valence-corrected chi connectivity index (χ0v) is 13.7. The van der Waals surface area contributed by atoms with Crippen LogP contribution in [-0.2, 0) is 16.0 Å². The van der Waals surface area contributed by atoms with Crippen LogP contribution in [0.2, 0.25) is 0 Å². The van der Waals surface area contributed by atoms with E-state index in [4.69, 9.17) is 9.15 Å². The van der Waals surface area contributed by atoms with Gasteiger partial charge in [-0.05, 0) is 6.42 Å². The first-order chi connectivity index (χ1) is 11.1. The average Bonchev–Trinajstić information content (AvgIpc) is 3.00. The minimum Gasteiger partial charge on any atom is -0.466 e. The summed E-state index contributed by atoms with van der Waals surface area (Å²) in [6, 6.07) is 0. The minimum atomic E-state index is -2.79. The fourth-order valence-electron chi connectivity index (χ4n) is 2.16. The number of carbonyl (C=O) groups is 1. The second-order valence-electron chi connectivity index (χ2n) is 5.53. The first kappa shape index (κ1) is 19.5. The number of rotatable bonds is 13. The molecule has 0 aliphatic carbocycles. The number of alkyl halides is 2. The molecule has 1 aromatic heterocycles. The number of unbranched alkanes of at least 4 members (excludes halogenated alkanes) is 7. The molecule has 1 heterocycles. The van der Waals surface area contributed by atoms with Crippen molar-refractivity contribution in [2.45, 2.75) is 77.6 Å². The Hall–Kier alpha value is -1.53. The molecule has 23 heavy (non-hydrogen) atoms. The van der Waals surface area contributed by atoms with Crippen molar-refractivity contribution < 1.29 is 22.7 Å². The normalized spacial score (nSPS) is 11.1. The summed E-state index contributed by atoms with van der Waals surface area (Å²) in [5, 5.41) is 6.65. The molecule has 0 bridgehead atoms. The lowest BCUT2D eigenvalue weighted by atomic mass is 10.1. The summed E-state index contributed by atoms with van der Waals surface area (Å²) in [4.78, 5) is 11.5. The van der Waals surface area contributed by atoms with Crippen molar-refractivity contribution >= 4 is 5.97 Å². The van der Waals surface area contributed by atoms with Crippen LogP contribution in [0.4, 0.5) is 8.78 Å². The van der Waals surface area contributed by atoms with Gasteiger partial charge in [-0.2, -0.15) is 8.78 Å². The minimum absolute atomic E-state index is 0.0318. The maximum Gasteiger partial charge on any atom is 0.314 e. The third-order valence-electron chi connectivity index (χ3n) is 3.47. The Kier molecular flexibility index (Phi) is 10.2. The van der Waals surface area contributed by atoms with Crippen LogP contribution >= 0.6 is 0 Å². The number of aryl methyl sites for hydroxylation is 1. The number of carbonyl (C=O) groups excluding carboxylic acids is 1. The SMILES string of the molecule is CCCCCCCCCCOC(=O)CCc1nnc(C(F)F)o1. The van der Waals surface area contributed by atoms with Gasteiger partial charge in [-0.3, -0.25) is 4.79 Å². The summed E-state index contributed by atoms with van der Waals surface area (Å²) in [6.45, 7) is 2.60. The van der Waals surface area contributed by atoms with E-state index in [9.17, 15) is 13.6 Å². The molecule has 0 saturated carbocycles. The lowest BCUT2D eigenvalue weighted by Crippen LogP contribution is -2.07. The van der Waals surface area contributed by atoms with Crippen LogP contribution in [-0.4, -0.2) is 22.8 Å². The maximum absolute atomic E-state index is 12.2. The van der Waals surface area contributed by atoms with Gasteiger partial charge < -0.3 is 9.15 Å². The van der Waals surface area contributed by atoms with Crippen molar-refractivity contribution in [3.8, 4) is 0 Å². The highest BCUT2D eigenvalue weighted by Gasteiger charge is 2.16. The molecule has 0 radical (unpaired) electrons. The predicted molar refractivity (Wildman–Crippen MR) is 81.1 cm³/mol. The van der Waals surface area contributed by atoms with E-state index in [1.165, 1.54) is 38.5 Å². The summed E-state index contributed by atoms with van der Waals surface area (Å²) in [5.41, 5.74) is 0. The van der Waals surface area contributed by atoms with Crippen molar-refractivity contribution in [1.82, 2.24) is 10.2 Å². The van der Waals surface area contributed by atoms with Crippen LogP contribution in [0.1, 0.15) is 82.9 Å². The Bertz CT molecular complexity index is 439. The third kappa shape index (κ3) is 9.25. The quantitative estimate of drug-likeness (QED) is 0.389. The lowest BCUT2D eigenvalue weighted by Gasteiger charge is -2.04.